The van der Waals surface area contributed by atoms with Crippen LogP contribution in [0.1, 0.15) is 69.0 Å². The topological polar surface area (TPSA) is 139 Å². The molecular formula is C39H45N7O4. The van der Waals surface area contributed by atoms with Crippen LogP contribution in [-0.2, 0) is 35.3 Å². The fourth-order valence-corrected chi connectivity index (χ4v) is 6.18. The molecule has 6 rings (SSSR count). The number of H-pyrrole nitrogens is 2. The predicted molar refractivity (Wildman–Crippen MR) is 194 cm³/mol. The Kier molecular flexibility index (Phi) is 9.67. The van der Waals surface area contributed by atoms with Crippen LogP contribution in [0.3, 0.4) is 0 Å². The monoisotopic (exact) mass is 675 g/mol. The first-order valence-electron chi connectivity index (χ1n) is 16.9. The Bertz CT molecular complexity index is 2120. The number of aromatic amines is 2. The van der Waals surface area contributed by atoms with Crippen LogP contribution in [0.15, 0.2) is 85.2 Å². The summed E-state index contributed by atoms with van der Waals surface area (Å²) in [7, 11) is 1.65. The van der Waals surface area contributed by atoms with Gasteiger partial charge in [-0.2, -0.15) is 0 Å². The summed E-state index contributed by atoms with van der Waals surface area (Å²) >= 11 is 0. The SMILES string of the molecule is COc1cccc(Cn2c(CCc3c[nH]c4ccccc34)nnc2[C@@H](Cc2c[nH]c3ccccc23)NC(=O)C(C)(C)NC(=O)OC(C)(C)C)c1. The molecule has 0 aliphatic rings. The number of fused-ring (bicyclic) bond motifs is 2. The summed E-state index contributed by atoms with van der Waals surface area (Å²) in [6.07, 6.45) is 5.14. The van der Waals surface area contributed by atoms with Crippen molar-refractivity contribution in [2.75, 3.05) is 7.11 Å². The minimum absolute atomic E-state index is 0.385. The lowest BCUT2D eigenvalue weighted by Crippen LogP contribution is -2.56. The molecule has 0 saturated carbocycles. The molecule has 11 nitrogen and oxygen atoms in total. The molecular weight excluding hydrogens is 630 g/mol. The van der Waals surface area contributed by atoms with Crippen molar-refractivity contribution in [2.45, 2.75) is 77.6 Å². The molecule has 0 radical (unpaired) electrons. The Labute approximate surface area is 291 Å². The zero-order valence-electron chi connectivity index (χ0n) is 29.5. The van der Waals surface area contributed by atoms with Crippen molar-refractivity contribution in [1.82, 2.24) is 35.4 Å². The van der Waals surface area contributed by atoms with E-state index in [2.05, 4.69) is 43.4 Å². The van der Waals surface area contributed by atoms with Gasteiger partial charge in [-0.05, 0) is 82.0 Å². The third-order valence-corrected chi connectivity index (χ3v) is 8.72. The molecule has 0 aliphatic heterocycles. The number of methoxy groups -OCH3 is 1. The quantitative estimate of drug-likeness (QED) is 0.113. The van der Waals surface area contributed by atoms with Crippen LogP contribution in [0.5, 0.6) is 5.75 Å². The number of hydrogen-bond donors (Lipinski definition) is 4. The molecule has 11 heteroatoms. The summed E-state index contributed by atoms with van der Waals surface area (Å²) in [5.41, 5.74) is 3.28. The van der Waals surface area contributed by atoms with E-state index in [1.807, 2.05) is 67.0 Å². The van der Waals surface area contributed by atoms with Crippen LogP contribution >= 0.6 is 0 Å². The fourth-order valence-electron chi connectivity index (χ4n) is 6.18. The fraction of sp³-hybridized carbons (Fsp3) is 0.333. The number of carbonyl (C=O) groups excluding carboxylic acids is 2. The molecule has 2 amide bonds. The van der Waals surface area contributed by atoms with Gasteiger partial charge >= 0.3 is 6.09 Å². The third kappa shape index (κ3) is 7.83. The van der Waals surface area contributed by atoms with Crippen molar-refractivity contribution >= 4 is 33.8 Å². The first-order chi connectivity index (χ1) is 23.9. The molecule has 3 aromatic heterocycles. The highest BCUT2D eigenvalue weighted by atomic mass is 16.6. The molecule has 0 fully saturated rings. The number of alkyl carbamates (subject to hydrolysis) is 1. The first-order valence-corrected chi connectivity index (χ1v) is 16.9. The maximum absolute atomic E-state index is 14.0. The number of carbonyl (C=O) groups is 2. The molecule has 260 valence electrons. The van der Waals surface area contributed by atoms with Crippen LogP contribution in [0.25, 0.3) is 21.8 Å². The minimum Gasteiger partial charge on any atom is -0.497 e. The third-order valence-electron chi connectivity index (χ3n) is 8.72. The van der Waals surface area contributed by atoms with Crippen LogP contribution in [-0.4, -0.2) is 55.0 Å². The van der Waals surface area contributed by atoms with Gasteiger partial charge in [0.05, 0.1) is 19.7 Å². The van der Waals surface area contributed by atoms with Crippen LogP contribution in [0.4, 0.5) is 4.79 Å². The number of aryl methyl sites for hydroxylation is 2. The van der Waals surface area contributed by atoms with Gasteiger partial charge in [-0.25, -0.2) is 4.79 Å². The molecule has 3 aromatic carbocycles. The van der Waals surface area contributed by atoms with Gasteiger partial charge in [0, 0.05) is 47.0 Å². The number of para-hydroxylation sites is 2. The number of aromatic nitrogens is 5. The van der Waals surface area contributed by atoms with Gasteiger partial charge in [-0.3, -0.25) is 4.79 Å². The Morgan fingerprint density at radius 3 is 2.18 bits per heavy atom. The number of amides is 2. The van der Waals surface area contributed by atoms with Gasteiger partial charge in [-0.15, -0.1) is 10.2 Å². The molecule has 4 N–H and O–H groups in total. The molecule has 0 saturated heterocycles. The number of benzene rings is 3. The number of hydrogen-bond acceptors (Lipinski definition) is 6. The average molecular weight is 676 g/mol. The number of nitrogens with zero attached hydrogens (tertiary/aromatic N) is 3. The van der Waals surface area contributed by atoms with Crippen molar-refractivity contribution in [1.29, 1.82) is 0 Å². The Balaban J connectivity index is 1.37. The van der Waals surface area contributed by atoms with E-state index >= 15 is 0 Å². The van der Waals surface area contributed by atoms with Crippen molar-refractivity contribution in [2.24, 2.45) is 0 Å². The van der Waals surface area contributed by atoms with E-state index in [4.69, 9.17) is 19.7 Å². The van der Waals surface area contributed by atoms with E-state index in [-0.39, 0.29) is 5.91 Å². The molecule has 1 atom stereocenters. The summed E-state index contributed by atoms with van der Waals surface area (Å²) in [5, 5.41) is 17.7. The maximum Gasteiger partial charge on any atom is 0.408 e. The normalized spacial score (nSPS) is 12.6. The molecule has 0 bridgehead atoms. The summed E-state index contributed by atoms with van der Waals surface area (Å²) < 4.78 is 13.1. The zero-order valence-corrected chi connectivity index (χ0v) is 29.5. The van der Waals surface area contributed by atoms with Gasteiger partial charge in [0.15, 0.2) is 5.82 Å². The van der Waals surface area contributed by atoms with Gasteiger partial charge in [0.25, 0.3) is 0 Å². The van der Waals surface area contributed by atoms with Crippen LogP contribution in [0, 0.1) is 0 Å². The summed E-state index contributed by atoms with van der Waals surface area (Å²) in [5.74, 6) is 1.76. The molecule has 3 heterocycles. The first kappa shape index (κ1) is 34.3. The van der Waals surface area contributed by atoms with Gasteiger partial charge in [0.2, 0.25) is 5.91 Å². The molecule has 50 heavy (non-hydrogen) atoms. The van der Waals surface area contributed by atoms with Crippen LogP contribution < -0.4 is 15.4 Å². The molecule has 0 aliphatic carbocycles. The molecule has 0 unspecified atom stereocenters. The highest BCUT2D eigenvalue weighted by molar-refractivity contribution is 5.89. The predicted octanol–water partition coefficient (Wildman–Crippen LogP) is 6.79. The molecule has 0 spiro atoms. The van der Waals surface area contributed by atoms with E-state index in [1.54, 1.807) is 41.7 Å². The number of rotatable bonds is 12. The average Bonchev–Trinajstić information content (AvgIpc) is 3.79. The van der Waals surface area contributed by atoms with Crippen molar-refractivity contribution < 1.29 is 19.1 Å². The Morgan fingerprint density at radius 1 is 0.840 bits per heavy atom. The highest BCUT2D eigenvalue weighted by Gasteiger charge is 2.35. The smallest absolute Gasteiger partial charge is 0.408 e. The van der Waals surface area contributed by atoms with Crippen molar-refractivity contribution in [3.8, 4) is 5.75 Å². The van der Waals surface area contributed by atoms with E-state index in [9.17, 15) is 9.59 Å². The second-order valence-corrected chi connectivity index (χ2v) is 14.1. The van der Waals surface area contributed by atoms with Crippen LogP contribution in [0.2, 0.25) is 0 Å². The molecule has 6 aromatic rings. The lowest BCUT2D eigenvalue weighted by Gasteiger charge is -2.30. The largest absolute Gasteiger partial charge is 0.497 e. The van der Waals surface area contributed by atoms with Gasteiger partial charge in [0.1, 0.15) is 22.7 Å². The van der Waals surface area contributed by atoms with E-state index in [1.165, 1.54) is 10.9 Å². The second-order valence-electron chi connectivity index (χ2n) is 14.1. The number of ether oxygens (including phenoxy) is 2. The maximum atomic E-state index is 14.0. The highest BCUT2D eigenvalue weighted by Crippen LogP contribution is 2.27. The van der Waals surface area contributed by atoms with E-state index in [0.29, 0.717) is 25.2 Å². The Morgan fingerprint density at radius 2 is 1.50 bits per heavy atom. The number of nitrogens with one attached hydrogen (secondary N) is 4. The van der Waals surface area contributed by atoms with Crippen molar-refractivity contribution in [3.63, 3.8) is 0 Å². The van der Waals surface area contributed by atoms with E-state index < -0.39 is 23.3 Å². The standard InChI is InChI=1S/C39H45N7O4/c1-38(2,3)50-37(48)43-39(4,5)36(47)42-33(21-27-23-41-32-17-10-8-15-30(27)32)35-45-44-34(46(35)24-25-12-11-13-28(20-25)49-6)19-18-26-22-40-31-16-9-7-14-29(26)31/h7-17,20,22-23,33,40-41H,18-19,21,24H2,1-6H3,(H,42,47)(H,43,48)/t33-/m1/s1. The summed E-state index contributed by atoms with van der Waals surface area (Å²) in [6, 6.07) is 23.6. The Hall–Kier alpha value is -5.58. The lowest BCUT2D eigenvalue weighted by molar-refractivity contribution is -0.127. The minimum atomic E-state index is -1.30. The summed E-state index contributed by atoms with van der Waals surface area (Å²) in [6.45, 7) is 9.11. The van der Waals surface area contributed by atoms with Gasteiger partial charge < -0.3 is 34.6 Å². The lowest BCUT2D eigenvalue weighted by atomic mass is 10.0. The zero-order chi connectivity index (χ0) is 35.5. The van der Waals surface area contributed by atoms with Crippen molar-refractivity contribution in [3.05, 3.63) is 114 Å². The second kappa shape index (κ2) is 14.1. The van der Waals surface area contributed by atoms with E-state index in [0.717, 1.165) is 45.5 Å². The van der Waals surface area contributed by atoms with Gasteiger partial charge in [-0.1, -0.05) is 48.5 Å². The summed E-state index contributed by atoms with van der Waals surface area (Å²) in [4.78, 5) is 33.5.